The number of likely N-dealkylation sites (tertiary alicyclic amines) is 1. The Morgan fingerprint density at radius 2 is 1.53 bits per heavy atom. The number of ether oxygens (including phenoxy) is 5. The molecule has 23 heteroatoms. The van der Waals surface area contributed by atoms with Crippen LogP contribution in [0.3, 0.4) is 0 Å². The number of morpholine rings is 1. The van der Waals surface area contributed by atoms with E-state index >= 15 is 0 Å². The van der Waals surface area contributed by atoms with Crippen molar-refractivity contribution in [3.8, 4) is 23.3 Å². The number of aryl methyl sites for hydroxylation is 1. The average Bonchev–Trinajstić information content (AvgIpc) is 2.95. The Hall–Kier alpha value is -8.63. The summed E-state index contributed by atoms with van der Waals surface area (Å²) < 4.78 is 31.5. The third kappa shape index (κ3) is 15.6. The number of aliphatic hydroxyl groups excluding tert-OH is 3. The fourth-order valence-corrected chi connectivity index (χ4v) is 11.7. The van der Waals surface area contributed by atoms with Gasteiger partial charge in [0.2, 0.25) is 24.0 Å². The molecule has 0 bridgehead atoms. The molecular weight excluding hydrogens is 1140 g/mol. The van der Waals surface area contributed by atoms with Crippen molar-refractivity contribution in [2.24, 2.45) is 0 Å². The number of fused-ring (bicyclic) bond motifs is 3. The lowest BCUT2D eigenvalue weighted by Gasteiger charge is -2.53. The Balaban J connectivity index is 0.702. The number of aromatic nitrogens is 3. The number of methoxy groups -OCH3 is 1. The highest BCUT2D eigenvalue weighted by molar-refractivity contribution is 5.95. The average molecular weight is 1220 g/mol. The van der Waals surface area contributed by atoms with Crippen LogP contribution in [0.2, 0.25) is 0 Å². The van der Waals surface area contributed by atoms with Gasteiger partial charge in [-0.2, -0.15) is 0 Å². The zero-order chi connectivity index (χ0) is 62.6. The number of carbonyl (C=O) groups excluding carboxylic acids is 4. The molecule has 0 unspecified atom stereocenters. The first-order valence-corrected chi connectivity index (χ1v) is 30.3. The number of aliphatic hydroxyl groups is 3. The van der Waals surface area contributed by atoms with E-state index in [1.54, 1.807) is 29.0 Å². The van der Waals surface area contributed by atoms with Gasteiger partial charge in [0, 0.05) is 93.5 Å². The third-order valence-corrected chi connectivity index (χ3v) is 16.3. The molecule has 10 rings (SSSR count). The summed E-state index contributed by atoms with van der Waals surface area (Å²) in [4.78, 5) is 80.4. The summed E-state index contributed by atoms with van der Waals surface area (Å²) >= 11 is 0. The number of anilines is 2. The lowest BCUT2D eigenvalue weighted by atomic mass is 9.91. The van der Waals surface area contributed by atoms with Gasteiger partial charge in [-0.3, -0.25) is 19.3 Å². The number of aliphatic carboxylic acids is 1. The number of hydrogen-bond donors (Lipinski definition) is 7. The molecule has 6 aromatic rings. The van der Waals surface area contributed by atoms with Crippen molar-refractivity contribution >= 4 is 52.3 Å². The molecule has 4 aliphatic heterocycles. The smallest absolute Gasteiger partial charge is 0.410 e. The molecule has 5 atom stereocenters. The highest BCUT2D eigenvalue weighted by Gasteiger charge is 2.49. The summed E-state index contributed by atoms with van der Waals surface area (Å²) in [5, 5.41) is 50.3. The van der Waals surface area contributed by atoms with Gasteiger partial charge >= 0.3 is 12.1 Å². The van der Waals surface area contributed by atoms with Gasteiger partial charge in [0.1, 0.15) is 53.4 Å². The van der Waals surface area contributed by atoms with E-state index in [0.717, 1.165) is 81.9 Å². The van der Waals surface area contributed by atoms with Gasteiger partial charge in [-0.15, -0.1) is 0 Å². The van der Waals surface area contributed by atoms with E-state index < -0.39 is 54.3 Å². The number of para-hydroxylation sites is 1. The van der Waals surface area contributed by atoms with Crippen LogP contribution >= 0.6 is 0 Å². The van der Waals surface area contributed by atoms with E-state index in [4.69, 9.17) is 28.7 Å². The topological polar surface area (TPSA) is 289 Å². The Labute approximate surface area is 516 Å². The van der Waals surface area contributed by atoms with Crippen LogP contribution in [0.1, 0.15) is 103 Å². The van der Waals surface area contributed by atoms with Gasteiger partial charge in [-0.25, -0.2) is 19.6 Å². The highest BCUT2D eigenvalue weighted by atomic mass is 16.7. The first kappa shape index (κ1) is 63.4. The van der Waals surface area contributed by atoms with E-state index in [0.29, 0.717) is 82.2 Å². The maximum Gasteiger partial charge on any atom is 0.410 e. The normalized spacial score (nSPS) is 19.3. The van der Waals surface area contributed by atoms with Crippen molar-refractivity contribution < 1.29 is 68.1 Å². The lowest BCUT2D eigenvalue weighted by Crippen LogP contribution is -2.70. The van der Waals surface area contributed by atoms with Gasteiger partial charge < -0.3 is 74.4 Å². The summed E-state index contributed by atoms with van der Waals surface area (Å²) in [6, 6.07) is 28.2. The fraction of sp³-hybridized carbons (Fsp3) is 0.439. The minimum absolute atomic E-state index is 0.0138. The first-order valence-electron chi connectivity index (χ1n) is 30.3. The summed E-state index contributed by atoms with van der Waals surface area (Å²) in [6.45, 7) is 8.25. The van der Waals surface area contributed by atoms with Crippen LogP contribution in [-0.4, -0.2) is 164 Å². The van der Waals surface area contributed by atoms with E-state index in [2.05, 4.69) is 67.4 Å². The number of rotatable bonds is 25. The van der Waals surface area contributed by atoms with E-state index in [9.17, 15) is 44.4 Å². The largest absolute Gasteiger partial charge is 0.496 e. The minimum atomic E-state index is -1.95. The number of carbonyl (C=O) groups is 5. The molecule has 470 valence electrons. The Morgan fingerprint density at radius 1 is 0.764 bits per heavy atom. The summed E-state index contributed by atoms with van der Waals surface area (Å²) in [5.41, 5.74) is 7.41. The number of nitrogens with one attached hydrogen (secondary N) is 3. The van der Waals surface area contributed by atoms with Crippen LogP contribution in [0.5, 0.6) is 11.5 Å². The number of benzene rings is 4. The molecule has 0 aliphatic carbocycles. The molecule has 23 nitrogen and oxygen atoms in total. The molecular formula is C66H77N9O14. The highest BCUT2D eigenvalue weighted by Crippen LogP contribution is 2.34. The quantitative estimate of drug-likeness (QED) is 0.0274. The number of carboxylic acids is 1. The van der Waals surface area contributed by atoms with Crippen LogP contribution in [0, 0.1) is 18.8 Å². The maximum absolute atomic E-state index is 13.7. The van der Waals surface area contributed by atoms with Crippen LogP contribution in [-0.2, 0) is 66.2 Å². The predicted octanol–water partition coefficient (Wildman–Crippen LogP) is 5.52. The standard InChI is InChI=1S/C66H77N9O14/c1-4-5-12-27-68-62-57-50(70-42(2)71-62)26-29-73(57)36-48-21-19-43(33-53(48)85-3)35-72-39-66(40-72)41-74(30-31-87-66)65(84)86-38-44-20-24-52(88-64-60(81)58(79)59(80)61(89-64)63(82)83)49(32-44)34-69-55(77)25-28-67-54(76)17-10-11-18-56(78)75-37-47-15-7-6-13-45(47)22-23-46-14-8-9-16-51(46)75/h6-9,13-16,19-21,24,26,29,32-33,58-61,64,79-81H,4-5,10-12,17-18,25,27-28,30-31,34-41H2,1-3H3,(H,67,76)(H,69,77)(H,82,83)(H,68,70,71)/t58-,59-,60+,61-,64+/m0/s1. The molecule has 3 saturated heterocycles. The van der Waals surface area contributed by atoms with E-state index in [1.807, 2.05) is 67.7 Å². The van der Waals surface area contributed by atoms with Gasteiger partial charge in [-0.05, 0) is 85.3 Å². The second kappa shape index (κ2) is 29.1. The van der Waals surface area contributed by atoms with Crippen molar-refractivity contribution in [1.29, 1.82) is 0 Å². The van der Waals surface area contributed by atoms with E-state index in [-0.39, 0.29) is 56.5 Å². The molecule has 0 radical (unpaired) electrons. The van der Waals surface area contributed by atoms with Crippen LogP contribution in [0.4, 0.5) is 16.3 Å². The summed E-state index contributed by atoms with van der Waals surface area (Å²) in [6.07, 6.45) is -3.45. The SMILES string of the molecule is CCCCCNc1nc(C)nc2ccn(Cc3ccc(CN4CC5(C4)CN(C(=O)OCc4ccc(O[C@@H]6O[C@H](C(=O)O)[C@@H](O)[C@H](O)[C@H]6O)c(CNC(=O)CCNC(=O)CCCCC(=O)N6Cc7ccccc7C#Cc7ccccc76)c4)CCO5)cc3OC)c12. The predicted molar refractivity (Wildman–Crippen MR) is 327 cm³/mol. The molecule has 2 aromatic heterocycles. The number of unbranched alkanes of at least 4 members (excludes halogenated alkanes) is 3. The van der Waals surface area contributed by atoms with Gasteiger partial charge in [-0.1, -0.05) is 80.1 Å². The molecule has 89 heavy (non-hydrogen) atoms. The van der Waals surface area contributed by atoms with Crippen molar-refractivity contribution in [3.63, 3.8) is 0 Å². The van der Waals surface area contributed by atoms with Crippen molar-refractivity contribution in [2.45, 2.75) is 134 Å². The fourth-order valence-electron chi connectivity index (χ4n) is 11.7. The zero-order valence-corrected chi connectivity index (χ0v) is 50.3. The molecule has 4 amide bonds. The van der Waals surface area contributed by atoms with Gasteiger partial charge in [0.15, 0.2) is 11.9 Å². The number of nitrogens with zero attached hydrogens (tertiary/aromatic N) is 6. The number of carboxylic acid groups (broad SMARTS) is 1. The second-order valence-electron chi connectivity index (χ2n) is 23.0. The maximum atomic E-state index is 13.7. The van der Waals surface area contributed by atoms with Gasteiger partial charge in [0.25, 0.3) is 0 Å². The van der Waals surface area contributed by atoms with Crippen LogP contribution < -0.4 is 30.3 Å². The zero-order valence-electron chi connectivity index (χ0n) is 50.3. The van der Waals surface area contributed by atoms with Crippen molar-refractivity contribution in [2.75, 3.05) is 63.2 Å². The second-order valence-corrected chi connectivity index (χ2v) is 23.0. The minimum Gasteiger partial charge on any atom is -0.496 e. The Morgan fingerprint density at radius 3 is 2.34 bits per heavy atom. The van der Waals surface area contributed by atoms with Crippen molar-refractivity contribution in [3.05, 3.63) is 142 Å². The number of hydrogen-bond acceptors (Lipinski definition) is 17. The van der Waals surface area contributed by atoms with E-state index in [1.165, 1.54) is 6.07 Å². The molecule has 7 N–H and O–H groups in total. The Bertz CT molecular complexity index is 3600. The molecule has 3 fully saturated rings. The molecule has 0 saturated carbocycles. The lowest BCUT2D eigenvalue weighted by molar-refractivity contribution is -0.271. The third-order valence-electron chi connectivity index (χ3n) is 16.3. The van der Waals surface area contributed by atoms with Gasteiger partial charge in [0.05, 0.1) is 44.6 Å². The Kier molecular flexibility index (Phi) is 20.7. The molecule has 4 aliphatic rings. The molecule has 6 heterocycles. The van der Waals surface area contributed by atoms with Crippen LogP contribution in [0.15, 0.2) is 97.2 Å². The first-order chi connectivity index (χ1) is 43.1. The van der Waals surface area contributed by atoms with Crippen LogP contribution in [0.25, 0.3) is 11.0 Å². The summed E-state index contributed by atoms with van der Waals surface area (Å²) in [5.74, 6) is 6.33. The monoisotopic (exact) mass is 1220 g/mol. The number of amides is 4. The van der Waals surface area contributed by atoms with Crippen molar-refractivity contribution in [1.82, 2.24) is 35.0 Å². The summed E-state index contributed by atoms with van der Waals surface area (Å²) in [7, 11) is 1.67. The molecule has 4 aromatic carbocycles. The molecule has 1 spiro atoms.